The number of anilines is 2. The molecule has 42 heavy (non-hydrogen) atoms. The van der Waals surface area contributed by atoms with Gasteiger partial charge < -0.3 is 15.7 Å². The molecule has 0 radical (unpaired) electrons. The molecule has 0 aliphatic heterocycles. The first-order valence-electron chi connectivity index (χ1n) is 14.0. The number of aliphatic carboxylic acids is 1. The highest BCUT2D eigenvalue weighted by molar-refractivity contribution is 7.89. The topological polar surface area (TPSA) is 142 Å². The third-order valence-corrected chi connectivity index (χ3v) is 10.6. The van der Waals surface area contributed by atoms with Crippen molar-refractivity contribution in [1.29, 1.82) is 0 Å². The largest absolute Gasteiger partial charge is 0.480 e. The van der Waals surface area contributed by atoms with Gasteiger partial charge in [0.05, 0.1) is 5.75 Å². The number of carbonyl (C=O) groups excluding carboxylic acids is 2. The van der Waals surface area contributed by atoms with Crippen LogP contribution >= 0.6 is 0 Å². The molecule has 5 rings (SSSR count). The summed E-state index contributed by atoms with van der Waals surface area (Å²) in [5.74, 6) is -1.54. The van der Waals surface area contributed by atoms with Gasteiger partial charge in [0.15, 0.2) is 0 Å². The number of sulfonamides is 1. The lowest BCUT2D eigenvalue weighted by molar-refractivity contribution is -0.138. The second kappa shape index (κ2) is 11.3. The van der Waals surface area contributed by atoms with Crippen molar-refractivity contribution < 1.29 is 27.9 Å². The van der Waals surface area contributed by atoms with Gasteiger partial charge in [0.2, 0.25) is 10.0 Å². The van der Waals surface area contributed by atoms with Crippen molar-refractivity contribution in [1.82, 2.24) is 4.72 Å². The average molecular weight is 590 g/mol. The van der Waals surface area contributed by atoms with Crippen LogP contribution in [0.2, 0.25) is 0 Å². The van der Waals surface area contributed by atoms with Gasteiger partial charge in [-0.15, -0.1) is 0 Å². The van der Waals surface area contributed by atoms with Gasteiger partial charge >= 0.3 is 12.0 Å². The fourth-order valence-corrected chi connectivity index (χ4v) is 8.56. The number of hydrogen-bond acceptors (Lipinski definition) is 5. The lowest BCUT2D eigenvalue weighted by atomic mass is 9.70. The second-order valence-electron chi connectivity index (χ2n) is 11.9. The van der Waals surface area contributed by atoms with Gasteiger partial charge in [0, 0.05) is 23.2 Å². The smallest absolute Gasteiger partial charge is 0.323 e. The van der Waals surface area contributed by atoms with Crippen molar-refractivity contribution in [2.45, 2.75) is 45.6 Å². The van der Waals surface area contributed by atoms with Crippen molar-refractivity contribution in [2.24, 2.45) is 16.7 Å². The highest BCUT2D eigenvalue weighted by Gasteiger charge is 2.65. The maximum Gasteiger partial charge on any atom is 0.323 e. The minimum absolute atomic E-state index is 0.0346. The summed E-state index contributed by atoms with van der Waals surface area (Å²) in [5.41, 5.74) is 2.18. The summed E-state index contributed by atoms with van der Waals surface area (Å²) >= 11 is 0. The Morgan fingerprint density at radius 1 is 0.929 bits per heavy atom. The Hall–Kier alpha value is -4.02. The predicted molar refractivity (Wildman–Crippen MR) is 162 cm³/mol. The molecule has 0 saturated heterocycles. The van der Waals surface area contributed by atoms with Crippen LogP contribution in [0, 0.1) is 16.7 Å². The molecule has 3 atom stereocenters. The fraction of sp³-hybridized carbons (Fsp3) is 0.344. The quantitative estimate of drug-likeness (QED) is 0.253. The van der Waals surface area contributed by atoms with E-state index in [1.165, 1.54) is 0 Å². The van der Waals surface area contributed by atoms with Crippen LogP contribution in [-0.2, 0) is 26.0 Å². The predicted octanol–water partition coefficient (Wildman–Crippen LogP) is 5.31. The summed E-state index contributed by atoms with van der Waals surface area (Å²) in [4.78, 5) is 37.3. The molecule has 10 heteroatoms. The zero-order chi connectivity index (χ0) is 30.1. The van der Waals surface area contributed by atoms with E-state index < -0.39 is 38.6 Å². The number of hydrogen-bond donors (Lipinski definition) is 4. The number of carboxylic acids is 1. The maximum absolute atomic E-state index is 13.2. The molecule has 3 aromatic carbocycles. The van der Waals surface area contributed by atoms with Crippen LogP contribution in [0.15, 0.2) is 78.9 Å². The third kappa shape index (κ3) is 5.96. The molecule has 2 aliphatic rings. The number of amides is 2. The number of nitrogens with one attached hydrogen (secondary N) is 3. The Morgan fingerprint density at radius 3 is 2.21 bits per heavy atom. The number of carbonyl (C=O) groups is 3. The number of para-hydroxylation sites is 1. The molecule has 0 spiro atoms. The normalized spacial score (nSPS) is 21.6. The lowest BCUT2D eigenvalue weighted by Gasteiger charge is -2.36. The Bertz CT molecular complexity index is 1600. The zero-order valence-electron chi connectivity index (χ0n) is 23.6. The van der Waals surface area contributed by atoms with Crippen molar-refractivity contribution in [2.75, 3.05) is 16.4 Å². The molecular formula is C32H35N3O6S. The van der Waals surface area contributed by atoms with Gasteiger partial charge in [-0.2, -0.15) is 0 Å². The van der Waals surface area contributed by atoms with E-state index in [-0.39, 0.29) is 24.2 Å². The molecule has 2 fully saturated rings. The lowest BCUT2D eigenvalue weighted by Crippen LogP contribution is -2.49. The molecule has 4 N–H and O–H groups in total. The van der Waals surface area contributed by atoms with Gasteiger partial charge in [0.25, 0.3) is 0 Å². The van der Waals surface area contributed by atoms with Gasteiger partial charge in [-0.25, -0.2) is 17.9 Å². The van der Waals surface area contributed by atoms with Gasteiger partial charge in [-0.3, -0.25) is 9.59 Å². The van der Waals surface area contributed by atoms with E-state index in [9.17, 15) is 27.9 Å². The van der Waals surface area contributed by atoms with Crippen LogP contribution in [0.5, 0.6) is 0 Å². The number of ketones is 1. The molecule has 0 aromatic heterocycles. The Kier molecular flexibility index (Phi) is 7.96. The molecule has 3 aromatic rings. The molecule has 9 nitrogen and oxygen atoms in total. The van der Waals surface area contributed by atoms with Crippen LogP contribution in [0.4, 0.5) is 16.2 Å². The number of carboxylic acid groups (broad SMARTS) is 1. The molecule has 2 saturated carbocycles. The Labute approximate surface area is 245 Å². The number of fused-ring (bicyclic) bond motifs is 2. The highest BCUT2D eigenvalue weighted by atomic mass is 32.2. The third-order valence-electron chi connectivity index (χ3n) is 9.07. The standard InChI is InChI=1S/C32H35N3O6S/c1-31(2)24-15-16-32(31,28(36)19-24)20-42(40,41)35-27(29(37)38)17-21-11-13-22(14-12-21)23-7-6-10-26(18-23)34-30(39)33-25-8-4-3-5-9-25/h3-14,18,24,27,35H,15-17,19-20H2,1-2H3,(H,37,38)(H2,33,34,39). The van der Waals surface area contributed by atoms with Crippen molar-refractivity contribution in [3.8, 4) is 11.1 Å². The summed E-state index contributed by atoms with van der Waals surface area (Å²) in [6.07, 6.45) is 1.65. The average Bonchev–Trinajstić information content (AvgIpc) is 3.28. The zero-order valence-corrected chi connectivity index (χ0v) is 24.4. The van der Waals surface area contributed by atoms with E-state index in [1.807, 2.05) is 62.4 Å². The number of benzene rings is 3. The van der Waals surface area contributed by atoms with E-state index in [0.717, 1.165) is 17.5 Å². The van der Waals surface area contributed by atoms with Crippen LogP contribution in [0.25, 0.3) is 11.1 Å². The second-order valence-corrected chi connectivity index (χ2v) is 13.6. The minimum atomic E-state index is -4.05. The van der Waals surface area contributed by atoms with Gasteiger partial charge in [0.1, 0.15) is 11.8 Å². The van der Waals surface area contributed by atoms with Gasteiger partial charge in [-0.05, 0) is 71.6 Å². The number of urea groups is 1. The molecule has 2 bridgehead atoms. The summed E-state index contributed by atoms with van der Waals surface area (Å²) < 4.78 is 28.8. The van der Waals surface area contributed by atoms with Gasteiger partial charge in [-0.1, -0.05) is 68.4 Å². The molecule has 0 heterocycles. The van der Waals surface area contributed by atoms with Crippen molar-refractivity contribution in [3.63, 3.8) is 0 Å². The molecule has 2 amide bonds. The van der Waals surface area contributed by atoms with E-state index in [0.29, 0.717) is 29.8 Å². The van der Waals surface area contributed by atoms with Crippen molar-refractivity contribution >= 4 is 39.2 Å². The number of Topliss-reactive ketones (excluding diaryl/α,β-unsaturated/α-hetero) is 1. The first-order chi connectivity index (χ1) is 19.9. The Morgan fingerprint density at radius 2 is 1.60 bits per heavy atom. The molecule has 3 unspecified atom stereocenters. The van der Waals surface area contributed by atoms with E-state index in [1.54, 1.807) is 30.3 Å². The fourth-order valence-electron chi connectivity index (χ4n) is 6.53. The van der Waals surface area contributed by atoms with Crippen molar-refractivity contribution in [3.05, 3.63) is 84.4 Å². The SMILES string of the molecule is CC1(C)C2CCC1(CS(=O)(=O)NC(Cc1ccc(-c3cccc(NC(=O)Nc4ccccc4)c3)cc1)C(=O)O)C(=O)C2. The van der Waals surface area contributed by atoms with Crippen LogP contribution in [0.3, 0.4) is 0 Å². The van der Waals surface area contributed by atoms with E-state index in [2.05, 4.69) is 15.4 Å². The summed E-state index contributed by atoms with van der Waals surface area (Å²) in [5, 5.41) is 15.4. The summed E-state index contributed by atoms with van der Waals surface area (Å²) in [6.45, 7) is 3.90. The molecule has 220 valence electrons. The highest BCUT2D eigenvalue weighted by Crippen LogP contribution is 2.64. The molecular weight excluding hydrogens is 554 g/mol. The summed E-state index contributed by atoms with van der Waals surface area (Å²) in [7, 11) is -4.05. The first-order valence-corrected chi connectivity index (χ1v) is 15.6. The number of rotatable bonds is 10. The first kappa shape index (κ1) is 29.5. The molecule has 2 aliphatic carbocycles. The van der Waals surface area contributed by atoms with E-state index >= 15 is 0 Å². The minimum Gasteiger partial charge on any atom is -0.480 e. The Balaban J connectivity index is 1.24. The summed E-state index contributed by atoms with van der Waals surface area (Å²) in [6, 6.07) is 21.8. The van der Waals surface area contributed by atoms with Crippen LogP contribution < -0.4 is 15.4 Å². The van der Waals surface area contributed by atoms with Crippen LogP contribution in [-0.4, -0.2) is 43.1 Å². The monoisotopic (exact) mass is 589 g/mol. The van der Waals surface area contributed by atoms with Crippen LogP contribution in [0.1, 0.15) is 38.7 Å². The maximum atomic E-state index is 13.2. The van der Waals surface area contributed by atoms with E-state index in [4.69, 9.17) is 0 Å².